The number of amides is 1. The Morgan fingerprint density at radius 3 is 1.91 bits per heavy atom. The van der Waals surface area contributed by atoms with Gasteiger partial charge in [-0.05, 0) is 42.9 Å². The number of rotatable bonds is 9. The molecule has 1 fully saturated rings. The number of nitro groups is 2. The molecule has 11 nitrogen and oxygen atoms in total. The second kappa shape index (κ2) is 10.2. The topological polar surface area (TPSA) is 147 Å². The van der Waals surface area contributed by atoms with Crippen LogP contribution in [-0.2, 0) is 9.59 Å². The number of Topliss-reactive ketones (excluding diaryl/α,β-unsaturated/α-hetero) is 1. The molecule has 0 spiro atoms. The van der Waals surface area contributed by atoms with Gasteiger partial charge in [-0.1, -0.05) is 13.8 Å². The number of ketones is 1. The van der Waals surface area contributed by atoms with E-state index in [1.807, 2.05) is 13.8 Å². The summed E-state index contributed by atoms with van der Waals surface area (Å²) in [5.74, 6) is -2.15. The van der Waals surface area contributed by atoms with Crippen LogP contribution in [0.25, 0.3) is 5.76 Å². The molecule has 2 aromatic carbocycles. The van der Waals surface area contributed by atoms with Crippen molar-refractivity contribution in [2.24, 2.45) is 0 Å². The van der Waals surface area contributed by atoms with Crippen molar-refractivity contribution in [2.45, 2.75) is 19.9 Å². The zero-order valence-corrected chi connectivity index (χ0v) is 18.7. The third-order valence-corrected chi connectivity index (χ3v) is 5.86. The summed E-state index contributed by atoms with van der Waals surface area (Å²) in [7, 11) is 0. The second-order valence-electron chi connectivity index (χ2n) is 7.67. The number of non-ortho nitro benzene ring substituents is 2. The summed E-state index contributed by atoms with van der Waals surface area (Å²) in [5.41, 5.74) is 0.0432. The van der Waals surface area contributed by atoms with Gasteiger partial charge in [-0.15, -0.1) is 0 Å². The Bertz CT molecular complexity index is 1140. The third kappa shape index (κ3) is 4.79. The Kier molecular flexibility index (Phi) is 7.37. The third-order valence-electron chi connectivity index (χ3n) is 5.86. The minimum atomic E-state index is -0.966. The normalized spacial score (nSPS) is 17.4. The van der Waals surface area contributed by atoms with E-state index < -0.39 is 33.3 Å². The second-order valence-corrected chi connectivity index (χ2v) is 7.67. The molecular formula is C23H24N4O7. The van der Waals surface area contributed by atoms with Gasteiger partial charge in [0, 0.05) is 42.9 Å². The molecule has 0 unspecified atom stereocenters. The number of nitro benzene ring substituents is 2. The molecule has 11 heteroatoms. The van der Waals surface area contributed by atoms with Crippen LogP contribution in [0.15, 0.2) is 54.1 Å². The molecule has 1 heterocycles. The molecule has 1 amide bonds. The molecule has 178 valence electrons. The largest absolute Gasteiger partial charge is 0.507 e. The van der Waals surface area contributed by atoms with Gasteiger partial charge in [0.25, 0.3) is 23.1 Å². The summed E-state index contributed by atoms with van der Waals surface area (Å²) in [6.07, 6.45) is 0. The lowest BCUT2D eigenvalue weighted by Gasteiger charge is -2.28. The molecule has 0 aliphatic carbocycles. The van der Waals surface area contributed by atoms with Crippen LogP contribution in [0, 0.1) is 20.2 Å². The smallest absolute Gasteiger partial charge is 0.295 e. The average Bonchev–Trinajstić information content (AvgIpc) is 3.09. The van der Waals surface area contributed by atoms with Gasteiger partial charge < -0.3 is 14.9 Å². The first kappa shape index (κ1) is 24.5. The molecule has 1 aliphatic heterocycles. The standard InChI is InChI=1S/C23H24N4O7/c1-3-24(4-2)13-14-25-20(15-5-9-17(10-6-15)26(31)32)19(22(29)23(25)30)21(28)16-7-11-18(12-8-16)27(33)34/h5-12,20,28H,3-4,13-14H2,1-2H3/b21-19+/t20-/m0/s1. The summed E-state index contributed by atoms with van der Waals surface area (Å²) in [4.78, 5) is 50.2. The molecule has 1 aliphatic rings. The van der Waals surface area contributed by atoms with Crippen LogP contribution in [0.4, 0.5) is 11.4 Å². The Balaban J connectivity index is 2.10. The highest BCUT2D eigenvalue weighted by Crippen LogP contribution is 2.39. The number of benzene rings is 2. The van der Waals surface area contributed by atoms with Crippen LogP contribution in [0.1, 0.15) is 31.0 Å². The van der Waals surface area contributed by atoms with Gasteiger partial charge in [0.2, 0.25) is 0 Å². The lowest BCUT2D eigenvalue weighted by Crippen LogP contribution is -2.38. The van der Waals surface area contributed by atoms with Gasteiger partial charge in [-0.25, -0.2) is 0 Å². The number of carbonyl (C=O) groups excluding carboxylic acids is 2. The van der Waals surface area contributed by atoms with E-state index in [-0.39, 0.29) is 29.1 Å². The summed E-state index contributed by atoms with van der Waals surface area (Å²) in [6.45, 7) is 6.11. The number of hydrogen-bond donors (Lipinski definition) is 1. The highest BCUT2D eigenvalue weighted by atomic mass is 16.6. The molecular weight excluding hydrogens is 444 g/mol. The minimum Gasteiger partial charge on any atom is -0.507 e. The van der Waals surface area contributed by atoms with Crippen molar-refractivity contribution >= 4 is 28.8 Å². The molecule has 3 rings (SSSR count). The fraction of sp³-hybridized carbons (Fsp3) is 0.304. The maximum Gasteiger partial charge on any atom is 0.295 e. The number of likely N-dealkylation sites (tertiary alicyclic amines) is 1. The van der Waals surface area contributed by atoms with Gasteiger partial charge in [0.05, 0.1) is 21.5 Å². The fourth-order valence-electron chi connectivity index (χ4n) is 3.92. The van der Waals surface area contributed by atoms with Crippen molar-refractivity contribution in [3.8, 4) is 0 Å². The molecule has 0 aromatic heterocycles. The van der Waals surface area contributed by atoms with Crippen molar-refractivity contribution in [1.82, 2.24) is 9.80 Å². The zero-order chi connectivity index (χ0) is 25.0. The zero-order valence-electron chi connectivity index (χ0n) is 18.7. The monoisotopic (exact) mass is 468 g/mol. The molecule has 2 aromatic rings. The van der Waals surface area contributed by atoms with E-state index in [9.17, 15) is 34.9 Å². The first-order chi connectivity index (χ1) is 16.2. The Labute approximate surface area is 195 Å². The number of nitrogens with zero attached hydrogens (tertiary/aromatic N) is 4. The fourth-order valence-corrected chi connectivity index (χ4v) is 3.92. The number of likely N-dealkylation sites (N-methyl/N-ethyl adjacent to an activating group) is 1. The molecule has 0 radical (unpaired) electrons. The number of aliphatic hydroxyl groups is 1. The molecule has 1 N–H and O–H groups in total. The summed E-state index contributed by atoms with van der Waals surface area (Å²) in [6, 6.07) is 9.43. The van der Waals surface area contributed by atoms with Gasteiger partial charge in [0.15, 0.2) is 0 Å². The Morgan fingerprint density at radius 1 is 0.941 bits per heavy atom. The highest BCUT2D eigenvalue weighted by molar-refractivity contribution is 6.46. The van der Waals surface area contributed by atoms with E-state index in [0.29, 0.717) is 12.1 Å². The summed E-state index contributed by atoms with van der Waals surface area (Å²) < 4.78 is 0. The van der Waals surface area contributed by atoms with Crippen molar-refractivity contribution in [3.05, 3.63) is 85.5 Å². The van der Waals surface area contributed by atoms with Crippen LogP contribution in [0.5, 0.6) is 0 Å². The van der Waals surface area contributed by atoms with Crippen LogP contribution in [0.2, 0.25) is 0 Å². The predicted octanol–water partition coefficient (Wildman–Crippen LogP) is 3.27. The van der Waals surface area contributed by atoms with Gasteiger partial charge in [0.1, 0.15) is 5.76 Å². The highest BCUT2D eigenvalue weighted by Gasteiger charge is 2.46. The Morgan fingerprint density at radius 2 is 1.44 bits per heavy atom. The van der Waals surface area contributed by atoms with Gasteiger partial charge >= 0.3 is 0 Å². The molecule has 1 atom stereocenters. The van der Waals surface area contributed by atoms with Crippen molar-refractivity contribution < 1.29 is 24.5 Å². The lowest BCUT2D eigenvalue weighted by molar-refractivity contribution is -0.385. The van der Waals surface area contributed by atoms with E-state index in [1.54, 1.807) is 0 Å². The lowest BCUT2D eigenvalue weighted by atomic mass is 9.95. The van der Waals surface area contributed by atoms with Crippen molar-refractivity contribution in [1.29, 1.82) is 0 Å². The Hall–Kier alpha value is -4.12. The SMILES string of the molecule is CCN(CC)CCN1C(=O)C(=O)/C(=C(/O)c2ccc([N+](=O)[O-])cc2)[C@@H]1c1ccc([N+](=O)[O-])cc1. The molecule has 34 heavy (non-hydrogen) atoms. The van der Waals surface area contributed by atoms with Crippen LogP contribution in [-0.4, -0.2) is 62.6 Å². The number of aliphatic hydroxyl groups excluding tert-OH is 1. The van der Waals surface area contributed by atoms with Gasteiger partial charge in [-0.3, -0.25) is 29.8 Å². The number of carbonyl (C=O) groups is 2. The molecule has 1 saturated heterocycles. The van der Waals surface area contributed by atoms with Crippen molar-refractivity contribution in [2.75, 3.05) is 26.2 Å². The maximum atomic E-state index is 13.0. The number of hydrogen-bond acceptors (Lipinski definition) is 8. The van der Waals surface area contributed by atoms with Crippen LogP contribution >= 0.6 is 0 Å². The molecule has 0 saturated carbocycles. The van der Waals surface area contributed by atoms with Gasteiger partial charge in [-0.2, -0.15) is 0 Å². The summed E-state index contributed by atoms with van der Waals surface area (Å²) >= 11 is 0. The molecule has 0 bridgehead atoms. The first-order valence-corrected chi connectivity index (χ1v) is 10.7. The van der Waals surface area contributed by atoms with Crippen molar-refractivity contribution in [3.63, 3.8) is 0 Å². The summed E-state index contributed by atoms with van der Waals surface area (Å²) in [5, 5.41) is 33.0. The minimum absolute atomic E-state index is 0.138. The van der Waals surface area contributed by atoms with E-state index >= 15 is 0 Å². The van der Waals surface area contributed by atoms with E-state index in [1.165, 1.54) is 53.4 Å². The maximum absolute atomic E-state index is 13.0. The van der Waals surface area contributed by atoms with Crippen LogP contribution < -0.4 is 0 Å². The van der Waals surface area contributed by atoms with Crippen LogP contribution in [0.3, 0.4) is 0 Å². The predicted molar refractivity (Wildman–Crippen MR) is 123 cm³/mol. The van der Waals surface area contributed by atoms with E-state index in [0.717, 1.165) is 13.1 Å². The van der Waals surface area contributed by atoms with E-state index in [2.05, 4.69) is 4.90 Å². The average molecular weight is 468 g/mol. The van der Waals surface area contributed by atoms with E-state index in [4.69, 9.17) is 0 Å². The first-order valence-electron chi connectivity index (χ1n) is 10.7. The quantitative estimate of drug-likeness (QED) is 0.194.